The molecule has 4 rings (SSSR count). The van der Waals surface area contributed by atoms with E-state index in [2.05, 4.69) is 22.0 Å². The number of hydrogen-bond donors (Lipinski definition) is 2. The maximum Gasteiger partial charge on any atom is 0.247 e. The summed E-state index contributed by atoms with van der Waals surface area (Å²) in [6.07, 6.45) is 3.01. The number of para-hydroxylation sites is 1. The van der Waals surface area contributed by atoms with Gasteiger partial charge in [0.2, 0.25) is 17.7 Å². The number of aromatic nitrogens is 1. The minimum Gasteiger partial charge on any atom is -0.474 e. The van der Waals surface area contributed by atoms with E-state index in [1.54, 1.807) is 11.7 Å². The minimum atomic E-state index is -0.636. The molecule has 2 fully saturated rings. The number of nitrogens with one attached hydrogen (secondary N) is 1. The molecular formula is C24H30N4O4. The fourth-order valence-electron chi connectivity index (χ4n) is 4.71. The zero-order valence-corrected chi connectivity index (χ0v) is 18.3. The number of rotatable bonds is 5. The predicted molar refractivity (Wildman–Crippen MR) is 119 cm³/mol. The van der Waals surface area contributed by atoms with Gasteiger partial charge in [0.15, 0.2) is 0 Å². The van der Waals surface area contributed by atoms with Crippen LogP contribution in [0.1, 0.15) is 24.8 Å². The summed E-state index contributed by atoms with van der Waals surface area (Å²) >= 11 is 0. The van der Waals surface area contributed by atoms with Crippen molar-refractivity contribution in [2.75, 3.05) is 31.1 Å². The fourth-order valence-corrected chi connectivity index (χ4v) is 4.71. The molecule has 2 aromatic rings. The third-order valence-electron chi connectivity index (χ3n) is 6.46. The van der Waals surface area contributed by atoms with Crippen molar-refractivity contribution in [2.45, 2.75) is 32.3 Å². The molecule has 170 valence electrons. The molecule has 0 spiro atoms. The number of amides is 2. The van der Waals surface area contributed by atoms with E-state index in [0.717, 1.165) is 24.3 Å². The van der Waals surface area contributed by atoms with Crippen LogP contribution < -0.4 is 15.1 Å². The molecule has 8 heteroatoms. The number of hydroxylamine groups is 1. The summed E-state index contributed by atoms with van der Waals surface area (Å²) in [4.78, 5) is 34.1. The molecular weight excluding hydrogens is 408 g/mol. The van der Waals surface area contributed by atoms with Gasteiger partial charge in [-0.15, -0.1) is 0 Å². The molecule has 1 aliphatic heterocycles. The van der Waals surface area contributed by atoms with Gasteiger partial charge in [-0.2, -0.15) is 0 Å². The summed E-state index contributed by atoms with van der Waals surface area (Å²) < 4.78 is 5.99. The van der Waals surface area contributed by atoms with Crippen LogP contribution in [-0.4, -0.2) is 59.2 Å². The number of carbonyl (C=O) groups excluding carboxylic acids is 2. The monoisotopic (exact) mass is 438 g/mol. The highest BCUT2D eigenvalue weighted by molar-refractivity contribution is 5.87. The van der Waals surface area contributed by atoms with E-state index >= 15 is 0 Å². The second-order valence-corrected chi connectivity index (χ2v) is 8.56. The van der Waals surface area contributed by atoms with E-state index in [9.17, 15) is 14.8 Å². The number of ether oxygens (including phenoxy) is 1. The minimum absolute atomic E-state index is 0.0153. The molecule has 1 aromatic heterocycles. The number of nitrogens with zero attached hydrogens (tertiary/aromatic N) is 3. The molecule has 2 aliphatic rings. The van der Waals surface area contributed by atoms with Gasteiger partial charge < -0.3 is 14.5 Å². The lowest BCUT2D eigenvalue weighted by atomic mass is 9.76. The predicted octanol–water partition coefficient (Wildman–Crippen LogP) is 2.41. The Labute approximate surface area is 188 Å². The summed E-state index contributed by atoms with van der Waals surface area (Å²) in [5.41, 5.74) is 3.95. The maximum atomic E-state index is 13.3. The Bertz CT molecular complexity index is 931. The fraction of sp³-hybridized carbons (Fsp3) is 0.458. The van der Waals surface area contributed by atoms with Crippen molar-refractivity contribution in [3.05, 3.63) is 54.2 Å². The number of pyridine rings is 1. The van der Waals surface area contributed by atoms with Crippen molar-refractivity contribution < 1.29 is 19.5 Å². The van der Waals surface area contributed by atoms with Crippen LogP contribution in [0.5, 0.6) is 5.88 Å². The Morgan fingerprint density at radius 3 is 2.50 bits per heavy atom. The molecule has 2 N–H and O–H groups in total. The van der Waals surface area contributed by atoms with E-state index in [1.165, 1.54) is 0 Å². The lowest BCUT2D eigenvalue weighted by molar-refractivity contribution is -0.148. The topological polar surface area (TPSA) is 95.0 Å². The van der Waals surface area contributed by atoms with Gasteiger partial charge in [-0.1, -0.05) is 18.2 Å². The molecule has 0 radical (unpaired) electrons. The van der Waals surface area contributed by atoms with Crippen molar-refractivity contribution in [3.8, 4) is 5.88 Å². The van der Waals surface area contributed by atoms with Gasteiger partial charge in [-0.05, 0) is 49.9 Å². The molecule has 2 heterocycles. The summed E-state index contributed by atoms with van der Waals surface area (Å²) in [5.74, 6) is -1.13. The highest BCUT2D eigenvalue weighted by atomic mass is 16.5. The summed E-state index contributed by atoms with van der Waals surface area (Å²) in [6, 6.07) is 13.9. The first-order valence-electron chi connectivity index (χ1n) is 11.2. The number of piperazine rings is 1. The van der Waals surface area contributed by atoms with Crippen LogP contribution in [0.4, 0.5) is 5.69 Å². The zero-order chi connectivity index (χ0) is 22.5. The molecule has 1 saturated heterocycles. The Hall–Kier alpha value is -3.13. The van der Waals surface area contributed by atoms with E-state index in [-0.39, 0.29) is 12.0 Å². The van der Waals surface area contributed by atoms with Gasteiger partial charge in [-0.3, -0.25) is 14.8 Å². The Kier molecular flexibility index (Phi) is 6.90. The first-order valence-corrected chi connectivity index (χ1v) is 11.2. The normalized spacial score (nSPS) is 23.5. The van der Waals surface area contributed by atoms with Crippen LogP contribution in [-0.2, 0) is 9.59 Å². The largest absolute Gasteiger partial charge is 0.474 e. The molecule has 0 bridgehead atoms. The zero-order valence-electron chi connectivity index (χ0n) is 18.3. The van der Waals surface area contributed by atoms with Crippen LogP contribution in [0.2, 0.25) is 0 Å². The molecule has 1 aliphatic carbocycles. The smallest absolute Gasteiger partial charge is 0.247 e. The first kappa shape index (κ1) is 22.1. The molecule has 8 nitrogen and oxygen atoms in total. The second kappa shape index (κ2) is 9.99. The summed E-state index contributed by atoms with van der Waals surface area (Å²) in [7, 11) is 0. The maximum absolute atomic E-state index is 13.3. The van der Waals surface area contributed by atoms with Gasteiger partial charge in [0, 0.05) is 44.1 Å². The highest BCUT2D eigenvalue weighted by Gasteiger charge is 2.42. The van der Waals surface area contributed by atoms with Crippen molar-refractivity contribution in [3.63, 3.8) is 0 Å². The van der Waals surface area contributed by atoms with Crippen LogP contribution in [0.25, 0.3) is 0 Å². The summed E-state index contributed by atoms with van der Waals surface area (Å²) in [6.45, 7) is 4.70. The summed E-state index contributed by atoms with van der Waals surface area (Å²) in [5, 5.41) is 9.29. The van der Waals surface area contributed by atoms with Crippen molar-refractivity contribution in [1.29, 1.82) is 0 Å². The number of anilines is 1. The van der Waals surface area contributed by atoms with Crippen LogP contribution in [0, 0.1) is 18.8 Å². The van der Waals surface area contributed by atoms with Gasteiger partial charge in [0.1, 0.15) is 6.10 Å². The van der Waals surface area contributed by atoms with Gasteiger partial charge in [0.25, 0.3) is 0 Å². The average molecular weight is 439 g/mol. The number of carbonyl (C=O) groups is 2. The number of hydrogen-bond acceptors (Lipinski definition) is 6. The SMILES string of the molecule is Cc1ccnc(OC2CCC(C(=O)N3CCN(c4ccccc4)CC3)C(C(=O)NO)C2)c1. The van der Waals surface area contributed by atoms with Crippen molar-refractivity contribution in [1.82, 2.24) is 15.4 Å². The second-order valence-electron chi connectivity index (χ2n) is 8.56. The molecule has 3 unspecified atom stereocenters. The van der Waals surface area contributed by atoms with E-state index in [0.29, 0.717) is 38.2 Å². The molecule has 1 saturated carbocycles. The van der Waals surface area contributed by atoms with Crippen molar-refractivity contribution in [2.24, 2.45) is 11.8 Å². The van der Waals surface area contributed by atoms with Crippen LogP contribution in [0.15, 0.2) is 48.7 Å². The Morgan fingerprint density at radius 1 is 1.06 bits per heavy atom. The molecule has 2 amide bonds. The van der Waals surface area contributed by atoms with Gasteiger partial charge >= 0.3 is 0 Å². The average Bonchev–Trinajstić information content (AvgIpc) is 2.84. The van der Waals surface area contributed by atoms with E-state index in [1.807, 2.05) is 42.2 Å². The standard InChI is InChI=1S/C24H30N4O4/c1-17-9-10-25-22(15-17)32-19-7-8-20(21(16-19)23(29)26-31)24(30)28-13-11-27(12-14-28)18-5-3-2-4-6-18/h2-6,9-10,15,19-21,31H,7-8,11-14,16H2,1H3,(H,26,29). The Morgan fingerprint density at radius 2 is 1.81 bits per heavy atom. The van der Waals surface area contributed by atoms with Gasteiger partial charge in [-0.25, -0.2) is 10.5 Å². The lowest BCUT2D eigenvalue weighted by Gasteiger charge is -2.40. The molecule has 3 atom stereocenters. The Balaban J connectivity index is 1.39. The highest BCUT2D eigenvalue weighted by Crippen LogP contribution is 2.34. The lowest BCUT2D eigenvalue weighted by Crippen LogP contribution is -2.53. The molecule has 1 aromatic carbocycles. The number of benzene rings is 1. The number of aryl methyl sites for hydroxylation is 1. The molecule has 32 heavy (non-hydrogen) atoms. The van der Waals surface area contributed by atoms with E-state index < -0.39 is 17.7 Å². The van der Waals surface area contributed by atoms with Crippen molar-refractivity contribution >= 4 is 17.5 Å². The van der Waals surface area contributed by atoms with Gasteiger partial charge in [0.05, 0.1) is 11.8 Å². The van der Waals surface area contributed by atoms with Crippen LogP contribution >= 0.6 is 0 Å². The first-order chi connectivity index (χ1) is 15.5. The third kappa shape index (κ3) is 5.02. The van der Waals surface area contributed by atoms with Crippen LogP contribution in [0.3, 0.4) is 0 Å². The quantitative estimate of drug-likeness (QED) is 0.550. The third-order valence-corrected chi connectivity index (χ3v) is 6.46. The van der Waals surface area contributed by atoms with E-state index in [4.69, 9.17) is 4.74 Å².